The van der Waals surface area contributed by atoms with Gasteiger partial charge in [0.1, 0.15) is 11.5 Å². The number of nitrogens with one attached hydrogen (secondary N) is 1. The lowest BCUT2D eigenvalue weighted by atomic mass is 10.0. The van der Waals surface area contributed by atoms with Gasteiger partial charge in [-0.2, -0.15) is 13.2 Å². The van der Waals surface area contributed by atoms with Crippen LogP contribution in [0.5, 0.6) is 0 Å². The lowest BCUT2D eigenvalue weighted by molar-refractivity contribution is -0.130. The molecule has 1 aliphatic heterocycles. The van der Waals surface area contributed by atoms with E-state index in [0.29, 0.717) is 42.3 Å². The van der Waals surface area contributed by atoms with Crippen molar-refractivity contribution in [2.24, 2.45) is 5.73 Å². The third-order valence-corrected chi connectivity index (χ3v) is 6.25. The highest BCUT2D eigenvalue weighted by molar-refractivity contribution is 6.04. The van der Waals surface area contributed by atoms with Crippen LogP contribution >= 0.6 is 0 Å². The van der Waals surface area contributed by atoms with Gasteiger partial charge in [-0.25, -0.2) is 14.6 Å². The Bertz CT molecular complexity index is 1430. The molecule has 1 saturated heterocycles. The zero-order valence-corrected chi connectivity index (χ0v) is 20.9. The fourth-order valence-corrected chi connectivity index (χ4v) is 4.42. The second kappa shape index (κ2) is 11.0. The number of likely N-dealkylation sites (tertiary alicyclic amines) is 1. The Morgan fingerprint density at radius 1 is 1.13 bits per heavy atom. The van der Waals surface area contributed by atoms with Crippen molar-refractivity contribution in [2.75, 3.05) is 17.7 Å². The molecule has 1 atom stereocenters. The monoisotopic (exact) mass is 541 g/mol. The molecule has 1 aliphatic rings. The SMILES string of the molecule is Cc1ccnc(NC(=O)c2ccc(-c3nc(C4CCCCN4C(=O)/C=C/C(F)(F)F)n(N)c3C(N)=O)cc2)c1. The molecule has 3 heterocycles. The van der Waals surface area contributed by atoms with Crippen molar-refractivity contribution in [3.8, 4) is 11.3 Å². The van der Waals surface area contributed by atoms with Crippen LogP contribution in [0, 0.1) is 6.92 Å². The Morgan fingerprint density at radius 3 is 2.49 bits per heavy atom. The first-order chi connectivity index (χ1) is 18.4. The first-order valence-corrected chi connectivity index (χ1v) is 12.0. The molecule has 3 amide bonds. The van der Waals surface area contributed by atoms with E-state index in [0.717, 1.165) is 10.2 Å². The van der Waals surface area contributed by atoms with Crippen LogP contribution in [0.4, 0.5) is 19.0 Å². The lowest BCUT2D eigenvalue weighted by Crippen LogP contribution is -2.40. The molecule has 1 unspecified atom stereocenters. The summed E-state index contributed by atoms with van der Waals surface area (Å²) in [5.41, 5.74) is 7.24. The fourth-order valence-electron chi connectivity index (χ4n) is 4.42. The third-order valence-electron chi connectivity index (χ3n) is 6.25. The number of hydrogen-bond acceptors (Lipinski definition) is 6. The number of piperidine rings is 1. The summed E-state index contributed by atoms with van der Waals surface area (Å²) in [6.45, 7) is 2.06. The van der Waals surface area contributed by atoms with Crippen LogP contribution in [0.15, 0.2) is 54.7 Å². The molecular weight excluding hydrogens is 515 g/mol. The van der Waals surface area contributed by atoms with E-state index in [9.17, 15) is 27.6 Å². The number of nitrogen functional groups attached to an aromatic ring is 1. The quantitative estimate of drug-likeness (QED) is 0.321. The van der Waals surface area contributed by atoms with E-state index in [4.69, 9.17) is 11.6 Å². The summed E-state index contributed by atoms with van der Waals surface area (Å²) in [5.74, 6) is 4.57. The number of primary amides is 1. The molecule has 2 aromatic heterocycles. The first kappa shape index (κ1) is 27.4. The van der Waals surface area contributed by atoms with Gasteiger partial charge in [0.25, 0.3) is 11.8 Å². The van der Waals surface area contributed by atoms with E-state index in [1.165, 1.54) is 17.0 Å². The van der Waals surface area contributed by atoms with Gasteiger partial charge in [-0.3, -0.25) is 14.4 Å². The van der Waals surface area contributed by atoms with Crippen LogP contribution in [0.2, 0.25) is 0 Å². The van der Waals surface area contributed by atoms with Crippen LogP contribution in [0.1, 0.15) is 57.5 Å². The Morgan fingerprint density at radius 2 is 1.85 bits per heavy atom. The van der Waals surface area contributed by atoms with Gasteiger partial charge in [0.15, 0.2) is 11.5 Å². The van der Waals surface area contributed by atoms with Crippen molar-refractivity contribution in [3.05, 3.63) is 77.4 Å². The number of aryl methyl sites for hydroxylation is 1. The van der Waals surface area contributed by atoms with Gasteiger partial charge in [-0.05, 0) is 56.0 Å². The van der Waals surface area contributed by atoms with Crippen LogP contribution in [0.25, 0.3) is 11.3 Å². The number of carbonyl (C=O) groups excluding carboxylic acids is 3. The Hall–Kier alpha value is -4.68. The van der Waals surface area contributed by atoms with E-state index in [-0.39, 0.29) is 29.8 Å². The molecule has 0 saturated carbocycles. The topological polar surface area (TPSA) is 149 Å². The fraction of sp³-hybridized carbons (Fsp3) is 0.269. The molecule has 1 fully saturated rings. The van der Waals surface area contributed by atoms with Gasteiger partial charge in [0.05, 0.1) is 6.04 Å². The Balaban J connectivity index is 1.64. The molecule has 0 spiro atoms. The molecule has 1 aromatic carbocycles. The summed E-state index contributed by atoms with van der Waals surface area (Å²) < 4.78 is 38.9. The molecule has 4 rings (SSSR count). The molecule has 13 heteroatoms. The van der Waals surface area contributed by atoms with Gasteiger partial charge < -0.3 is 21.8 Å². The maximum Gasteiger partial charge on any atom is 0.409 e. The molecule has 3 aromatic rings. The largest absolute Gasteiger partial charge is 0.409 e. The number of pyridine rings is 1. The maximum atomic E-state index is 12.6. The average molecular weight is 542 g/mol. The van der Waals surface area contributed by atoms with Crippen molar-refractivity contribution in [2.45, 2.75) is 38.4 Å². The highest BCUT2D eigenvalue weighted by Crippen LogP contribution is 2.34. The number of amides is 3. The summed E-state index contributed by atoms with van der Waals surface area (Å²) in [6.07, 6.45) is -1.08. The number of hydrogen-bond donors (Lipinski definition) is 3. The molecule has 0 aliphatic carbocycles. The first-order valence-electron chi connectivity index (χ1n) is 12.0. The summed E-state index contributed by atoms with van der Waals surface area (Å²) in [4.78, 5) is 47.5. The highest BCUT2D eigenvalue weighted by atomic mass is 19.4. The molecular formula is C26H26F3N7O3. The number of allylic oxidation sites excluding steroid dienone is 1. The summed E-state index contributed by atoms with van der Waals surface area (Å²) in [5, 5.41) is 2.70. The number of alkyl halides is 3. The van der Waals surface area contributed by atoms with Gasteiger partial charge in [0, 0.05) is 36.0 Å². The smallest absolute Gasteiger partial charge is 0.364 e. The van der Waals surface area contributed by atoms with Crippen molar-refractivity contribution >= 4 is 23.5 Å². The normalized spacial score (nSPS) is 15.9. The third kappa shape index (κ3) is 6.25. The zero-order valence-electron chi connectivity index (χ0n) is 20.9. The molecule has 0 bridgehead atoms. The second-order valence-corrected chi connectivity index (χ2v) is 9.07. The number of imidazole rings is 1. The van der Waals surface area contributed by atoms with E-state index in [1.54, 1.807) is 30.5 Å². The van der Waals surface area contributed by atoms with Gasteiger partial charge in [-0.1, -0.05) is 12.1 Å². The second-order valence-electron chi connectivity index (χ2n) is 9.07. The van der Waals surface area contributed by atoms with E-state index < -0.39 is 29.9 Å². The van der Waals surface area contributed by atoms with Crippen LogP contribution < -0.4 is 16.9 Å². The van der Waals surface area contributed by atoms with Crippen molar-refractivity contribution in [1.82, 2.24) is 19.5 Å². The van der Waals surface area contributed by atoms with Crippen LogP contribution in [0.3, 0.4) is 0 Å². The van der Waals surface area contributed by atoms with E-state index in [1.807, 2.05) is 6.92 Å². The predicted molar refractivity (Wildman–Crippen MR) is 137 cm³/mol. The van der Waals surface area contributed by atoms with Gasteiger partial charge in [0.2, 0.25) is 5.91 Å². The minimum atomic E-state index is -4.64. The van der Waals surface area contributed by atoms with Crippen LogP contribution in [-0.2, 0) is 4.79 Å². The summed E-state index contributed by atoms with van der Waals surface area (Å²) in [7, 11) is 0. The number of rotatable bonds is 6. The predicted octanol–water partition coefficient (Wildman–Crippen LogP) is 3.49. The number of carbonyl (C=O) groups is 3. The molecule has 10 nitrogen and oxygen atoms in total. The molecule has 0 radical (unpaired) electrons. The number of benzene rings is 1. The summed E-state index contributed by atoms with van der Waals surface area (Å²) >= 11 is 0. The zero-order chi connectivity index (χ0) is 28.3. The summed E-state index contributed by atoms with van der Waals surface area (Å²) in [6, 6.07) is 8.93. The molecule has 5 N–H and O–H groups in total. The van der Waals surface area contributed by atoms with Gasteiger partial charge in [-0.15, -0.1) is 0 Å². The number of halogens is 3. The van der Waals surface area contributed by atoms with E-state index >= 15 is 0 Å². The number of anilines is 1. The van der Waals surface area contributed by atoms with Gasteiger partial charge >= 0.3 is 6.18 Å². The molecule has 39 heavy (non-hydrogen) atoms. The Labute approximate surface area is 221 Å². The Kier molecular flexibility index (Phi) is 7.70. The minimum absolute atomic E-state index is 0.111. The van der Waals surface area contributed by atoms with Crippen LogP contribution in [-0.4, -0.2) is 50.0 Å². The lowest BCUT2D eigenvalue weighted by Gasteiger charge is -2.34. The van der Waals surface area contributed by atoms with Crippen molar-refractivity contribution < 1.29 is 27.6 Å². The molecule has 204 valence electrons. The highest BCUT2D eigenvalue weighted by Gasteiger charge is 2.34. The number of nitrogens with zero attached hydrogens (tertiary/aromatic N) is 4. The number of aromatic nitrogens is 3. The van der Waals surface area contributed by atoms with Crippen molar-refractivity contribution in [1.29, 1.82) is 0 Å². The maximum absolute atomic E-state index is 12.6. The standard InChI is InChI=1S/C26H26F3N7O3/c1-15-10-12-32-19(14-15)33-25(39)17-7-5-16(6-8-17)21-22(23(30)38)36(31)24(34-21)18-4-2-3-13-35(18)20(37)9-11-26(27,28)29/h5-12,14,18H,2-4,13,31H2,1H3,(H2,30,38)(H,32,33,39)/b11-9+. The average Bonchev–Trinajstić information content (AvgIpc) is 3.24. The minimum Gasteiger partial charge on any atom is -0.364 e. The van der Waals surface area contributed by atoms with E-state index in [2.05, 4.69) is 15.3 Å². The number of nitrogens with two attached hydrogens (primary N) is 2. The van der Waals surface area contributed by atoms with Crippen molar-refractivity contribution in [3.63, 3.8) is 0 Å².